The fourth-order valence-corrected chi connectivity index (χ4v) is 2.40. The minimum absolute atomic E-state index is 0.179. The molecule has 0 rings (SSSR count). The predicted octanol–water partition coefficient (Wildman–Crippen LogP) is 4.57. The standard InChI is InChI=1S/C17H35BO3/c1-13(2)12-16(6,7)21-14(19)18-17(8,9)20-11-10-15(3,4)5/h13,18H,10-12H2,1-9H3. The zero-order valence-electron chi connectivity index (χ0n) is 15.6. The zero-order chi connectivity index (χ0) is 16.9. The molecule has 0 saturated heterocycles. The van der Waals surface area contributed by atoms with Gasteiger partial charge in [-0.2, -0.15) is 0 Å². The van der Waals surface area contributed by atoms with Gasteiger partial charge in [0.05, 0.1) is 0 Å². The quantitative estimate of drug-likeness (QED) is 0.616. The van der Waals surface area contributed by atoms with Gasteiger partial charge in [-0.1, -0.05) is 34.6 Å². The van der Waals surface area contributed by atoms with Crippen molar-refractivity contribution in [1.29, 1.82) is 0 Å². The van der Waals surface area contributed by atoms with Gasteiger partial charge in [-0.25, -0.2) is 0 Å². The molecule has 0 N–H and O–H groups in total. The molecule has 0 amide bonds. The van der Waals surface area contributed by atoms with Gasteiger partial charge in [0, 0.05) is 12.1 Å². The molecule has 0 aromatic carbocycles. The number of ether oxygens (including phenoxy) is 2. The summed E-state index contributed by atoms with van der Waals surface area (Å²) in [7, 11) is 0.290. The summed E-state index contributed by atoms with van der Waals surface area (Å²) in [5.74, 6) is 0.324. The van der Waals surface area contributed by atoms with Crippen LogP contribution in [0.15, 0.2) is 0 Å². The van der Waals surface area contributed by atoms with E-state index >= 15 is 0 Å². The zero-order valence-corrected chi connectivity index (χ0v) is 15.6. The van der Waals surface area contributed by atoms with E-state index in [9.17, 15) is 4.79 Å². The van der Waals surface area contributed by atoms with Crippen molar-refractivity contribution in [2.75, 3.05) is 6.61 Å². The van der Waals surface area contributed by atoms with E-state index in [0.717, 1.165) is 12.8 Å². The van der Waals surface area contributed by atoms with Crippen molar-refractivity contribution in [1.82, 2.24) is 0 Å². The summed E-state index contributed by atoms with van der Waals surface area (Å²) in [4.78, 5) is 12.1. The highest BCUT2D eigenvalue weighted by Gasteiger charge is 2.31. The summed E-state index contributed by atoms with van der Waals surface area (Å²) in [6.07, 6.45) is 1.84. The second-order valence-corrected chi connectivity index (χ2v) is 8.93. The summed E-state index contributed by atoms with van der Waals surface area (Å²) in [6.45, 7) is 19.3. The first kappa shape index (κ1) is 20.5. The molecule has 0 bridgehead atoms. The maximum Gasteiger partial charge on any atom is 0.296 e. The summed E-state index contributed by atoms with van der Waals surface area (Å²) >= 11 is 0. The summed E-state index contributed by atoms with van der Waals surface area (Å²) in [6, 6.07) is 0. The minimum atomic E-state index is -0.476. The normalized spacial score (nSPS) is 13.4. The predicted molar refractivity (Wildman–Crippen MR) is 91.3 cm³/mol. The average Bonchev–Trinajstić information content (AvgIpc) is 2.08. The number of rotatable bonds is 8. The van der Waals surface area contributed by atoms with Crippen LogP contribution in [0.1, 0.15) is 75.2 Å². The molecule has 0 aliphatic heterocycles. The highest BCUT2D eigenvalue weighted by Crippen LogP contribution is 2.22. The third-order valence-electron chi connectivity index (χ3n) is 3.20. The van der Waals surface area contributed by atoms with Crippen LogP contribution in [0.3, 0.4) is 0 Å². The molecule has 0 atom stereocenters. The van der Waals surface area contributed by atoms with Gasteiger partial charge in [-0.3, -0.25) is 4.79 Å². The lowest BCUT2D eigenvalue weighted by Gasteiger charge is -2.30. The monoisotopic (exact) mass is 298 g/mol. The van der Waals surface area contributed by atoms with Crippen molar-refractivity contribution in [2.24, 2.45) is 11.3 Å². The molecular formula is C17H35BO3. The Morgan fingerprint density at radius 1 is 1.05 bits per heavy atom. The van der Waals surface area contributed by atoms with Crippen molar-refractivity contribution in [3.8, 4) is 0 Å². The molecule has 0 heterocycles. The molecule has 0 aliphatic rings. The lowest BCUT2D eigenvalue weighted by atomic mass is 9.62. The van der Waals surface area contributed by atoms with E-state index in [0.29, 0.717) is 19.8 Å². The molecule has 0 aromatic rings. The SMILES string of the molecule is CC(C)CC(C)(C)OC(=O)BC(C)(C)OCCC(C)(C)C. The Labute approximate surface area is 132 Å². The Morgan fingerprint density at radius 3 is 2.00 bits per heavy atom. The maximum atomic E-state index is 12.1. The number of carbonyl (C=O) groups is 1. The van der Waals surface area contributed by atoms with Crippen LogP contribution < -0.4 is 0 Å². The Morgan fingerprint density at radius 2 is 1.57 bits per heavy atom. The van der Waals surface area contributed by atoms with Gasteiger partial charge < -0.3 is 9.47 Å². The Kier molecular flexibility index (Phi) is 7.48. The van der Waals surface area contributed by atoms with Gasteiger partial charge >= 0.3 is 0 Å². The number of hydrogen-bond acceptors (Lipinski definition) is 3. The molecule has 124 valence electrons. The molecule has 0 aliphatic carbocycles. The Bertz CT molecular complexity index is 327. The fourth-order valence-electron chi connectivity index (χ4n) is 2.40. The van der Waals surface area contributed by atoms with Crippen molar-refractivity contribution >= 4 is 13.1 Å². The van der Waals surface area contributed by atoms with E-state index < -0.39 is 11.1 Å². The minimum Gasteiger partial charge on any atom is -0.468 e. The van der Waals surface area contributed by atoms with E-state index in [1.54, 1.807) is 0 Å². The second kappa shape index (κ2) is 7.67. The van der Waals surface area contributed by atoms with Gasteiger partial charge in [0.2, 0.25) is 0 Å². The summed E-state index contributed by atoms with van der Waals surface area (Å²) in [5.41, 5.74) is -0.640. The van der Waals surface area contributed by atoms with Crippen molar-refractivity contribution < 1.29 is 14.3 Å². The highest BCUT2D eigenvalue weighted by atomic mass is 16.6. The smallest absolute Gasteiger partial charge is 0.296 e. The van der Waals surface area contributed by atoms with Crippen LogP contribution in [0, 0.1) is 11.3 Å². The average molecular weight is 298 g/mol. The van der Waals surface area contributed by atoms with E-state index in [4.69, 9.17) is 9.47 Å². The topological polar surface area (TPSA) is 35.5 Å². The molecule has 0 unspecified atom stereocenters. The van der Waals surface area contributed by atoms with Gasteiger partial charge in [0.15, 0.2) is 0 Å². The van der Waals surface area contributed by atoms with Crippen LogP contribution in [-0.4, -0.2) is 30.9 Å². The molecule has 4 heteroatoms. The molecule has 0 aromatic heterocycles. The Balaban J connectivity index is 4.29. The van der Waals surface area contributed by atoms with Crippen LogP contribution in [0.2, 0.25) is 0 Å². The van der Waals surface area contributed by atoms with E-state index in [-0.39, 0.29) is 11.3 Å². The van der Waals surface area contributed by atoms with Crippen LogP contribution in [0.25, 0.3) is 0 Å². The van der Waals surface area contributed by atoms with Crippen LogP contribution in [0.4, 0.5) is 4.79 Å². The second-order valence-electron chi connectivity index (χ2n) is 8.93. The first-order valence-corrected chi connectivity index (χ1v) is 8.08. The molecule has 21 heavy (non-hydrogen) atoms. The van der Waals surface area contributed by atoms with E-state index in [1.165, 1.54) is 0 Å². The molecule has 0 saturated carbocycles. The van der Waals surface area contributed by atoms with Crippen LogP contribution >= 0.6 is 0 Å². The van der Waals surface area contributed by atoms with Gasteiger partial charge in [-0.15, -0.1) is 0 Å². The number of carbonyl (C=O) groups excluding carboxylic acids is 1. The van der Waals surface area contributed by atoms with Gasteiger partial charge in [0.1, 0.15) is 5.60 Å². The molecule has 0 fully saturated rings. The van der Waals surface area contributed by atoms with E-state index in [2.05, 4.69) is 34.6 Å². The number of hydrogen-bond donors (Lipinski definition) is 0. The molecular weight excluding hydrogens is 263 g/mol. The lowest BCUT2D eigenvalue weighted by Crippen LogP contribution is -2.41. The van der Waals surface area contributed by atoms with E-state index in [1.807, 2.05) is 27.7 Å². The Hall–Kier alpha value is -0.505. The lowest BCUT2D eigenvalue weighted by molar-refractivity contribution is 0.0201. The van der Waals surface area contributed by atoms with Gasteiger partial charge in [0.25, 0.3) is 13.1 Å². The van der Waals surface area contributed by atoms with Gasteiger partial charge in [-0.05, 0) is 51.9 Å². The summed E-state index contributed by atoms with van der Waals surface area (Å²) in [5, 5.41) is 0. The largest absolute Gasteiger partial charge is 0.468 e. The van der Waals surface area contributed by atoms with Crippen LogP contribution in [-0.2, 0) is 9.47 Å². The van der Waals surface area contributed by atoms with Crippen molar-refractivity contribution in [2.45, 2.75) is 86.3 Å². The third-order valence-corrected chi connectivity index (χ3v) is 3.20. The summed E-state index contributed by atoms with van der Waals surface area (Å²) < 4.78 is 11.5. The molecule has 0 spiro atoms. The fraction of sp³-hybridized carbons (Fsp3) is 0.941. The van der Waals surface area contributed by atoms with Crippen molar-refractivity contribution in [3.05, 3.63) is 0 Å². The molecule has 0 radical (unpaired) electrons. The first-order chi connectivity index (χ1) is 9.22. The highest BCUT2D eigenvalue weighted by molar-refractivity contribution is 6.74. The van der Waals surface area contributed by atoms with Crippen LogP contribution in [0.5, 0.6) is 0 Å². The third kappa shape index (κ3) is 11.8. The maximum absolute atomic E-state index is 12.1. The molecule has 3 nitrogen and oxygen atoms in total. The first-order valence-electron chi connectivity index (χ1n) is 8.08. The van der Waals surface area contributed by atoms with Crippen molar-refractivity contribution in [3.63, 3.8) is 0 Å².